The first-order valence-electron chi connectivity index (χ1n) is 7.23. The molecule has 1 aliphatic carbocycles. The lowest BCUT2D eigenvalue weighted by Gasteiger charge is -2.05. The van der Waals surface area contributed by atoms with Crippen molar-refractivity contribution in [1.82, 2.24) is 5.16 Å². The maximum atomic E-state index is 11.9. The topological polar surface area (TPSA) is 81.4 Å². The Labute approximate surface area is 129 Å². The normalized spacial score (nSPS) is 14.9. The van der Waals surface area contributed by atoms with E-state index in [1.165, 1.54) is 12.8 Å². The van der Waals surface area contributed by atoms with Gasteiger partial charge in [-0.15, -0.1) is 0 Å². The lowest BCUT2D eigenvalue weighted by atomic mass is 10.2. The molecule has 1 fully saturated rings. The first kappa shape index (κ1) is 15.1. The molecule has 0 unspecified atom stereocenters. The largest absolute Gasteiger partial charge is 0.380 e. The number of rotatable bonds is 8. The van der Waals surface area contributed by atoms with Crippen LogP contribution in [0, 0.1) is 5.92 Å². The monoisotopic (exact) mass is 322 g/mol. The maximum absolute atomic E-state index is 11.9. The van der Waals surface area contributed by atoms with Crippen LogP contribution in [0.25, 0.3) is 11.3 Å². The molecule has 1 heterocycles. The number of hydrogen-bond acceptors (Lipinski definition) is 5. The molecule has 0 saturated heterocycles. The quantitative estimate of drug-likeness (QED) is 0.755. The van der Waals surface area contributed by atoms with Gasteiger partial charge in [-0.1, -0.05) is 35.5 Å². The van der Waals surface area contributed by atoms with Gasteiger partial charge in [0.05, 0.1) is 12.4 Å². The third-order valence-electron chi connectivity index (χ3n) is 3.38. The molecule has 1 aromatic heterocycles. The number of nitrogens with one attached hydrogen (secondary N) is 1. The zero-order valence-corrected chi connectivity index (χ0v) is 12.9. The lowest BCUT2D eigenvalue weighted by Crippen LogP contribution is -2.20. The van der Waals surface area contributed by atoms with E-state index in [2.05, 4.69) is 9.88 Å². The van der Waals surface area contributed by atoms with Crippen molar-refractivity contribution in [3.8, 4) is 11.3 Å². The van der Waals surface area contributed by atoms with Crippen molar-refractivity contribution < 1.29 is 17.7 Å². The van der Waals surface area contributed by atoms with E-state index in [9.17, 15) is 8.42 Å². The smallest absolute Gasteiger partial charge is 0.238 e. The fourth-order valence-electron chi connectivity index (χ4n) is 1.98. The van der Waals surface area contributed by atoms with Crippen LogP contribution in [0.15, 0.2) is 40.9 Å². The molecule has 1 saturated carbocycles. The van der Waals surface area contributed by atoms with Crippen LogP contribution in [0.1, 0.15) is 12.8 Å². The van der Waals surface area contributed by atoms with Gasteiger partial charge >= 0.3 is 0 Å². The van der Waals surface area contributed by atoms with E-state index in [4.69, 9.17) is 9.26 Å². The number of sulfonamides is 1. The highest BCUT2D eigenvalue weighted by Crippen LogP contribution is 2.28. The van der Waals surface area contributed by atoms with E-state index < -0.39 is 10.0 Å². The Hall–Kier alpha value is -1.86. The molecule has 0 radical (unpaired) electrons. The van der Waals surface area contributed by atoms with Gasteiger partial charge in [0.15, 0.2) is 0 Å². The third-order valence-corrected chi connectivity index (χ3v) is 4.60. The summed E-state index contributed by atoms with van der Waals surface area (Å²) in [6.07, 6.45) is 2.37. The van der Waals surface area contributed by atoms with Gasteiger partial charge in [-0.05, 0) is 18.8 Å². The zero-order chi connectivity index (χ0) is 15.4. The van der Waals surface area contributed by atoms with Crippen LogP contribution in [0.5, 0.6) is 0 Å². The van der Waals surface area contributed by atoms with Gasteiger partial charge in [0.2, 0.25) is 15.9 Å². The SMILES string of the molecule is O=S(=O)(CCOCC1CC1)Nc1cc(-c2ccccc2)no1. The summed E-state index contributed by atoms with van der Waals surface area (Å²) < 4.78 is 36.6. The summed E-state index contributed by atoms with van der Waals surface area (Å²) in [6, 6.07) is 11.0. The summed E-state index contributed by atoms with van der Waals surface area (Å²) in [5, 5.41) is 3.87. The van der Waals surface area contributed by atoms with Crippen LogP contribution in [0.4, 0.5) is 5.88 Å². The minimum Gasteiger partial charge on any atom is -0.380 e. The van der Waals surface area contributed by atoms with Crippen molar-refractivity contribution in [3.05, 3.63) is 36.4 Å². The highest BCUT2D eigenvalue weighted by atomic mass is 32.2. The first-order valence-corrected chi connectivity index (χ1v) is 8.88. The molecule has 1 N–H and O–H groups in total. The molecule has 0 amide bonds. The van der Waals surface area contributed by atoms with E-state index in [1.54, 1.807) is 6.07 Å². The summed E-state index contributed by atoms with van der Waals surface area (Å²) in [7, 11) is -3.49. The Morgan fingerprint density at radius 3 is 2.77 bits per heavy atom. The molecule has 1 aromatic carbocycles. The van der Waals surface area contributed by atoms with E-state index in [1.807, 2.05) is 30.3 Å². The lowest BCUT2D eigenvalue weighted by molar-refractivity contribution is 0.138. The van der Waals surface area contributed by atoms with Gasteiger partial charge in [0.1, 0.15) is 5.69 Å². The Balaban J connectivity index is 1.54. The van der Waals surface area contributed by atoms with Gasteiger partial charge in [-0.3, -0.25) is 4.72 Å². The fourth-order valence-corrected chi connectivity index (χ4v) is 2.82. The molecule has 2 aromatic rings. The van der Waals surface area contributed by atoms with E-state index in [0.29, 0.717) is 18.2 Å². The maximum Gasteiger partial charge on any atom is 0.238 e. The van der Waals surface area contributed by atoms with Gasteiger partial charge < -0.3 is 9.26 Å². The van der Waals surface area contributed by atoms with Crippen LogP contribution in [0.2, 0.25) is 0 Å². The van der Waals surface area contributed by atoms with Gasteiger partial charge in [-0.25, -0.2) is 8.42 Å². The summed E-state index contributed by atoms with van der Waals surface area (Å²) in [5.41, 5.74) is 1.45. The van der Waals surface area contributed by atoms with Crippen molar-refractivity contribution in [2.24, 2.45) is 5.92 Å². The second-order valence-electron chi connectivity index (χ2n) is 5.38. The molecular weight excluding hydrogens is 304 g/mol. The molecule has 3 rings (SSSR count). The van der Waals surface area contributed by atoms with Crippen LogP contribution >= 0.6 is 0 Å². The van der Waals surface area contributed by atoms with Gasteiger partial charge in [-0.2, -0.15) is 0 Å². The molecule has 0 atom stereocenters. The molecule has 0 spiro atoms. The van der Waals surface area contributed by atoms with Crippen molar-refractivity contribution in [1.29, 1.82) is 0 Å². The fraction of sp³-hybridized carbons (Fsp3) is 0.400. The second-order valence-corrected chi connectivity index (χ2v) is 7.22. The summed E-state index contributed by atoms with van der Waals surface area (Å²) in [4.78, 5) is 0. The highest BCUT2D eigenvalue weighted by molar-refractivity contribution is 7.92. The zero-order valence-electron chi connectivity index (χ0n) is 12.1. The Bertz CT molecular complexity index is 708. The average molecular weight is 322 g/mol. The van der Waals surface area contributed by atoms with E-state index >= 15 is 0 Å². The molecule has 22 heavy (non-hydrogen) atoms. The predicted octanol–water partition coefficient (Wildman–Crippen LogP) is 2.51. The highest BCUT2D eigenvalue weighted by Gasteiger charge is 2.21. The van der Waals surface area contributed by atoms with E-state index in [-0.39, 0.29) is 18.2 Å². The Morgan fingerprint density at radius 1 is 1.27 bits per heavy atom. The molecule has 7 heteroatoms. The minimum absolute atomic E-state index is 0.0961. The number of anilines is 1. The third kappa shape index (κ3) is 4.32. The second kappa shape index (κ2) is 6.50. The number of hydrogen-bond donors (Lipinski definition) is 1. The molecule has 1 aliphatic rings. The average Bonchev–Trinajstić information content (AvgIpc) is 3.22. The van der Waals surface area contributed by atoms with Crippen LogP contribution in [0.3, 0.4) is 0 Å². The molecule has 0 aliphatic heterocycles. The summed E-state index contributed by atoms with van der Waals surface area (Å²) in [6.45, 7) is 0.835. The summed E-state index contributed by atoms with van der Waals surface area (Å²) >= 11 is 0. The Kier molecular flexibility index (Phi) is 4.44. The summed E-state index contributed by atoms with van der Waals surface area (Å²) in [5.74, 6) is 0.639. The van der Waals surface area contributed by atoms with Crippen molar-refractivity contribution in [2.45, 2.75) is 12.8 Å². The van der Waals surface area contributed by atoms with Crippen molar-refractivity contribution >= 4 is 15.9 Å². The van der Waals surface area contributed by atoms with E-state index in [0.717, 1.165) is 5.56 Å². The van der Waals surface area contributed by atoms with Crippen LogP contribution < -0.4 is 4.72 Å². The molecule has 118 valence electrons. The Morgan fingerprint density at radius 2 is 2.05 bits per heavy atom. The number of aromatic nitrogens is 1. The number of benzene rings is 1. The predicted molar refractivity (Wildman–Crippen MR) is 82.9 cm³/mol. The first-order chi connectivity index (χ1) is 10.6. The molecular formula is C15H18N2O4S. The van der Waals surface area contributed by atoms with Gasteiger partial charge in [0, 0.05) is 18.2 Å². The molecule has 0 bridgehead atoms. The van der Waals surface area contributed by atoms with Crippen LogP contribution in [-0.2, 0) is 14.8 Å². The minimum atomic E-state index is -3.49. The van der Waals surface area contributed by atoms with Crippen molar-refractivity contribution in [2.75, 3.05) is 23.7 Å². The standard InChI is InChI=1S/C15H18N2O4S/c18-22(19,9-8-20-11-12-6-7-12)17-15-10-14(16-21-15)13-4-2-1-3-5-13/h1-5,10,12,17H,6-9,11H2. The number of ether oxygens (including phenoxy) is 1. The van der Waals surface area contributed by atoms with Crippen molar-refractivity contribution in [3.63, 3.8) is 0 Å². The van der Waals surface area contributed by atoms with Gasteiger partial charge in [0.25, 0.3) is 0 Å². The van der Waals surface area contributed by atoms with Crippen LogP contribution in [-0.4, -0.2) is 32.5 Å². The molecule has 6 nitrogen and oxygen atoms in total. The number of nitrogens with zero attached hydrogens (tertiary/aromatic N) is 1.